The molecule has 14 heavy (non-hydrogen) atoms. The zero-order valence-corrected chi connectivity index (χ0v) is 9.95. The Morgan fingerprint density at radius 3 is 2.21 bits per heavy atom. The molecule has 0 aromatic heterocycles. The van der Waals surface area contributed by atoms with E-state index in [1.165, 1.54) is 0 Å². The van der Waals surface area contributed by atoms with Gasteiger partial charge in [-0.15, -0.1) is 0 Å². The lowest BCUT2D eigenvalue weighted by molar-refractivity contribution is 0.483. The lowest BCUT2D eigenvalue weighted by Gasteiger charge is -2.20. The highest BCUT2D eigenvalue weighted by molar-refractivity contribution is 7.87. The van der Waals surface area contributed by atoms with Gasteiger partial charge in [-0.2, -0.15) is 13.1 Å². The molecule has 5 nitrogen and oxygen atoms in total. The maximum absolute atomic E-state index is 11.4. The maximum atomic E-state index is 11.4. The van der Waals surface area contributed by atoms with Gasteiger partial charge in [0.2, 0.25) is 0 Å². The average molecular weight is 223 g/mol. The third kappa shape index (κ3) is 8.43. The van der Waals surface area contributed by atoms with Crippen molar-refractivity contribution in [3.63, 3.8) is 0 Å². The zero-order valence-electron chi connectivity index (χ0n) is 9.13. The van der Waals surface area contributed by atoms with Crippen molar-refractivity contribution in [2.24, 2.45) is 5.73 Å². The summed E-state index contributed by atoms with van der Waals surface area (Å²) in [4.78, 5) is 0. The molecule has 0 saturated heterocycles. The topological polar surface area (TPSA) is 84.2 Å². The molecule has 0 saturated carbocycles. The summed E-state index contributed by atoms with van der Waals surface area (Å²) in [5, 5.41) is 0. The van der Waals surface area contributed by atoms with Crippen molar-refractivity contribution in [3.8, 4) is 0 Å². The number of hydrogen-bond donors (Lipinski definition) is 3. The van der Waals surface area contributed by atoms with Crippen LogP contribution in [0.5, 0.6) is 0 Å². The van der Waals surface area contributed by atoms with E-state index in [2.05, 4.69) is 9.44 Å². The van der Waals surface area contributed by atoms with Crippen LogP contribution in [-0.4, -0.2) is 27.0 Å². The lowest BCUT2D eigenvalue weighted by Crippen LogP contribution is -2.47. The second-order valence-corrected chi connectivity index (χ2v) is 5.75. The molecule has 86 valence electrons. The first kappa shape index (κ1) is 13.8. The Labute approximate surface area is 86.6 Å². The highest BCUT2D eigenvalue weighted by atomic mass is 32.2. The van der Waals surface area contributed by atoms with Crippen LogP contribution < -0.4 is 15.2 Å². The van der Waals surface area contributed by atoms with Crippen molar-refractivity contribution in [3.05, 3.63) is 0 Å². The molecular formula is C8H21N3O2S. The van der Waals surface area contributed by atoms with Gasteiger partial charge in [-0.1, -0.05) is 0 Å². The molecule has 0 aliphatic heterocycles. The molecule has 0 rings (SSSR count). The van der Waals surface area contributed by atoms with Crippen LogP contribution in [0.3, 0.4) is 0 Å². The predicted octanol–water partition coefficient (Wildman–Crippen LogP) is -0.0522. The van der Waals surface area contributed by atoms with Gasteiger partial charge in [0.1, 0.15) is 0 Å². The highest BCUT2D eigenvalue weighted by Crippen LogP contribution is 2.00. The van der Waals surface area contributed by atoms with E-state index in [4.69, 9.17) is 5.73 Å². The van der Waals surface area contributed by atoms with Crippen LogP contribution >= 0.6 is 0 Å². The largest absolute Gasteiger partial charge is 0.330 e. The van der Waals surface area contributed by atoms with Gasteiger partial charge in [0.25, 0.3) is 10.2 Å². The first-order valence-corrected chi connectivity index (χ1v) is 6.24. The van der Waals surface area contributed by atoms with Gasteiger partial charge in [-0.05, 0) is 40.2 Å². The average Bonchev–Trinajstić information content (AvgIpc) is 1.93. The first-order valence-electron chi connectivity index (χ1n) is 4.75. The van der Waals surface area contributed by atoms with Crippen molar-refractivity contribution >= 4 is 10.2 Å². The van der Waals surface area contributed by atoms with Crippen LogP contribution in [0.1, 0.15) is 33.6 Å². The molecule has 0 amide bonds. The van der Waals surface area contributed by atoms with Crippen molar-refractivity contribution in [1.82, 2.24) is 9.44 Å². The fourth-order valence-corrected chi connectivity index (χ4v) is 2.21. The minimum atomic E-state index is -3.36. The normalized spacial score (nSPS) is 13.1. The monoisotopic (exact) mass is 223 g/mol. The summed E-state index contributed by atoms with van der Waals surface area (Å²) in [6.07, 6.45) is 1.60. The smallest absolute Gasteiger partial charge is 0.277 e. The molecule has 0 aromatic rings. The molecule has 0 unspecified atom stereocenters. The lowest BCUT2D eigenvalue weighted by atomic mass is 10.1. The van der Waals surface area contributed by atoms with E-state index in [0.717, 1.165) is 12.8 Å². The van der Waals surface area contributed by atoms with Gasteiger partial charge in [0, 0.05) is 12.1 Å². The molecule has 4 N–H and O–H groups in total. The summed E-state index contributed by atoms with van der Waals surface area (Å²) >= 11 is 0. The second kappa shape index (κ2) is 5.65. The number of nitrogens with one attached hydrogen (secondary N) is 2. The minimum absolute atomic E-state index is 0.433. The van der Waals surface area contributed by atoms with Crippen molar-refractivity contribution in [1.29, 1.82) is 0 Å². The standard InChI is InChI=1S/C8H21N3O2S/c1-8(2,3)11-14(12,13)10-7-5-4-6-9/h10-11H,4-7,9H2,1-3H3. The summed E-state index contributed by atoms with van der Waals surface area (Å²) in [6.45, 7) is 6.42. The van der Waals surface area contributed by atoms with Crippen LogP contribution in [0.25, 0.3) is 0 Å². The SMILES string of the molecule is CC(C)(C)NS(=O)(=O)NCCCCN. The Morgan fingerprint density at radius 1 is 1.21 bits per heavy atom. The molecule has 0 spiro atoms. The van der Waals surface area contributed by atoms with Crippen LogP contribution in [0, 0.1) is 0 Å². The fourth-order valence-electron chi connectivity index (χ4n) is 0.915. The van der Waals surface area contributed by atoms with E-state index in [-0.39, 0.29) is 0 Å². The number of nitrogens with two attached hydrogens (primary N) is 1. The minimum Gasteiger partial charge on any atom is -0.330 e. The van der Waals surface area contributed by atoms with E-state index in [1.807, 2.05) is 0 Å². The Balaban J connectivity index is 3.86. The van der Waals surface area contributed by atoms with Gasteiger partial charge in [0.05, 0.1) is 0 Å². The van der Waals surface area contributed by atoms with Crippen molar-refractivity contribution < 1.29 is 8.42 Å². The fraction of sp³-hybridized carbons (Fsp3) is 1.00. The van der Waals surface area contributed by atoms with E-state index < -0.39 is 15.7 Å². The number of hydrogen-bond acceptors (Lipinski definition) is 3. The van der Waals surface area contributed by atoms with Crippen LogP contribution in [0.4, 0.5) is 0 Å². The Hall–Kier alpha value is -0.170. The van der Waals surface area contributed by atoms with Gasteiger partial charge in [-0.3, -0.25) is 0 Å². The van der Waals surface area contributed by atoms with Crippen LogP contribution in [0.15, 0.2) is 0 Å². The summed E-state index contributed by atoms with van der Waals surface area (Å²) in [6, 6.07) is 0. The van der Waals surface area contributed by atoms with E-state index in [0.29, 0.717) is 13.1 Å². The molecule has 0 fully saturated rings. The van der Waals surface area contributed by atoms with Gasteiger partial charge >= 0.3 is 0 Å². The van der Waals surface area contributed by atoms with E-state index >= 15 is 0 Å². The van der Waals surface area contributed by atoms with E-state index in [1.54, 1.807) is 20.8 Å². The zero-order chi connectivity index (χ0) is 11.2. The summed E-state index contributed by atoms with van der Waals surface area (Å²) < 4.78 is 27.7. The molecule has 0 aromatic carbocycles. The first-order chi connectivity index (χ1) is 6.27. The third-order valence-corrected chi connectivity index (χ3v) is 2.83. The molecule has 0 heterocycles. The van der Waals surface area contributed by atoms with Crippen molar-refractivity contribution in [2.75, 3.05) is 13.1 Å². The Bertz CT molecular complexity index is 244. The van der Waals surface area contributed by atoms with Gasteiger partial charge in [-0.25, -0.2) is 4.72 Å². The summed E-state index contributed by atoms with van der Waals surface area (Å²) in [5.74, 6) is 0. The molecular weight excluding hydrogens is 202 g/mol. The molecule has 0 atom stereocenters. The molecule has 0 aliphatic carbocycles. The second-order valence-electron chi connectivity index (χ2n) is 4.25. The molecule has 0 bridgehead atoms. The van der Waals surface area contributed by atoms with Gasteiger partial charge in [0.15, 0.2) is 0 Å². The summed E-state index contributed by atoms with van der Waals surface area (Å²) in [5.41, 5.74) is 4.84. The predicted molar refractivity (Wildman–Crippen MR) is 58.1 cm³/mol. The van der Waals surface area contributed by atoms with E-state index in [9.17, 15) is 8.42 Å². The van der Waals surface area contributed by atoms with Gasteiger partial charge < -0.3 is 5.73 Å². The Morgan fingerprint density at radius 2 is 1.79 bits per heavy atom. The summed E-state index contributed by atoms with van der Waals surface area (Å²) in [7, 11) is -3.36. The third-order valence-electron chi connectivity index (χ3n) is 1.36. The number of unbranched alkanes of at least 4 members (excludes halogenated alkanes) is 1. The quantitative estimate of drug-likeness (QED) is 0.552. The van der Waals surface area contributed by atoms with Crippen LogP contribution in [-0.2, 0) is 10.2 Å². The molecule has 0 radical (unpaired) electrons. The molecule has 0 aliphatic rings. The molecule has 6 heteroatoms. The van der Waals surface area contributed by atoms with Crippen molar-refractivity contribution in [2.45, 2.75) is 39.2 Å². The number of rotatable bonds is 6. The highest BCUT2D eigenvalue weighted by Gasteiger charge is 2.18. The van der Waals surface area contributed by atoms with Crippen LogP contribution in [0.2, 0.25) is 0 Å². The Kier molecular flexibility index (Phi) is 5.58. The maximum Gasteiger partial charge on any atom is 0.277 e.